The molecule has 0 unspecified atom stereocenters. The van der Waals surface area contributed by atoms with Gasteiger partial charge in [-0.3, -0.25) is 0 Å². The second-order valence-electron chi connectivity index (χ2n) is 3.86. The van der Waals surface area contributed by atoms with Crippen molar-refractivity contribution in [3.8, 4) is 0 Å². The van der Waals surface area contributed by atoms with Gasteiger partial charge in [0.05, 0.1) is 26.6 Å². The van der Waals surface area contributed by atoms with Gasteiger partial charge in [0, 0.05) is 5.02 Å². The molecule has 0 bridgehead atoms. The molecule has 0 saturated carbocycles. The molecule has 3 N–H and O–H groups in total. The van der Waals surface area contributed by atoms with Crippen molar-refractivity contribution in [2.75, 3.05) is 11.1 Å². The summed E-state index contributed by atoms with van der Waals surface area (Å²) in [7, 11) is 0. The molecule has 0 saturated heterocycles. The van der Waals surface area contributed by atoms with Crippen LogP contribution in [0.1, 0.15) is 0 Å². The van der Waals surface area contributed by atoms with Gasteiger partial charge in [-0.1, -0.05) is 22.9 Å². The summed E-state index contributed by atoms with van der Waals surface area (Å²) in [5.74, 6) is 0.680. The van der Waals surface area contributed by atoms with Crippen LogP contribution in [0.2, 0.25) is 5.02 Å². The number of nitrogen functional groups attached to an aromatic ring is 1. The zero-order valence-corrected chi connectivity index (χ0v) is 12.7. The predicted molar refractivity (Wildman–Crippen MR) is 84.3 cm³/mol. The van der Waals surface area contributed by atoms with Gasteiger partial charge in [0.1, 0.15) is 5.82 Å². The smallest absolute Gasteiger partial charge is 0.189 e. The van der Waals surface area contributed by atoms with E-state index in [9.17, 15) is 0 Å². The largest absolute Gasteiger partial charge is 0.397 e. The minimum atomic E-state index is 0.605. The van der Waals surface area contributed by atoms with E-state index in [-0.39, 0.29) is 0 Å². The minimum Gasteiger partial charge on any atom is -0.397 e. The van der Waals surface area contributed by atoms with Crippen molar-refractivity contribution in [2.24, 2.45) is 0 Å². The Hall–Kier alpha value is -1.37. The lowest BCUT2D eigenvalue weighted by atomic mass is 10.3. The van der Waals surface area contributed by atoms with Gasteiger partial charge < -0.3 is 11.1 Å². The van der Waals surface area contributed by atoms with Crippen LogP contribution in [0, 0.1) is 0 Å². The minimum absolute atomic E-state index is 0.605. The number of anilines is 3. The Labute approximate surface area is 126 Å². The van der Waals surface area contributed by atoms with E-state index >= 15 is 0 Å². The Balaban J connectivity index is 1.96. The van der Waals surface area contributed by atoms with Crippen LogP contribution in [-0.2, 0) is 0 Å². The van der Waals surface area contributed by atoms with Gasteiger partial charge in [0.2, 0.25) is 0 Å². The molecule has 19 heavy (non-hydrogen) atoms. The molecule has 0 aliphatic rings. The van der Waals surface area contributed by atoms with E-state index in [0.29, 0.717) is 16.5 Å². The average molecular weight is 356 g/mol. The molecule has 1 aromatic carbocycles. The zero-order chi connectivity index (χ0) is 13.4. The molecular weight excluding hydrogens is 348 g/mol. The molecule has 0 aliphatic heterocycles. The number of nitrogens with one attached hydrogen (secondary N) is 1. The number of nitrogens with zero attached hydrogens (tertiary/aromatic N) is 2. The molecular formula is C12H8BrClN4S. The summed E-state index contributed by atoms with van der Waals surface area (Å²) in [6.45, 7) is 0. The van der Waals surface area contributed by atoms with Crippen molar-refractivity contribution >= 4 is 65.7 Å². The predicted octanol–water partition coefficient (Wildman–Crippen LogP) is 4.43. The van der Waals surface area contributed by atoms with Crippen molar-refractivity contribution in [3.05, 3.63) is 40.0 Å². The highest BCUT2D eigenvalue weighted by Gasteiger charge is 2.07. The summed E-state index contributed by atoms with van der Waals surface area (Å²) < 4.78 is 1.83. The van der Waals surface area contributed by atoms with E-state index in [2.05, 4.69) is 31.2 Å². The van der Waals surface area contributed by atoms with Crippen molar-refractivity contribution in [3.63, 3.8) is 0 Å². The maximum absolute atomic E-state index is 5.96. The lowest BCUT2D eigenvalue weighted by Crippen LogP contribution is -1.95. The molecule has 7 heteroatoms. The third-order valence-electron chi connectivity index (χ3n) is 2.44. The van der Waals surface area contributed by atoms with E-state index < -0.39 is 0 Å². The van der Waals surface area contributed by atoms with Gasteiger partial charge in [0.25, 0.3) is 0 Å². The number of aromatic nitrogens is 2. The van der Waals surface area contributed by atoms with Gasteiger partial charge in [-0.2, -0.15) is 0 Å². The van der Waals surface area contributed by atoms with Gasteiger partial charge in [-0.15, -0.1) is 0 Å². The van der Waals surface area contributed by atoms with Crippen LogP contribution in [-0.4, -0.2) is 9.97 Å². The maximum Gasteiger partial charge on any atom is 0.189 e. The molecule has 0 amide bonds. The zero-order valence-electron chi connectivity index (χ0n) is 9.52. The first-order chi connectivity index (χ1) is 9.11. The van der Waals surface area contributed by atoms with Gasteiger partial charge in [-0.05, 0) is 40.2 Å². The highest BCUT2D eigenvalue weighted by atomic mass is 79.9. The molecule has 3 aromatic rings. The lowest BCUT2D eigenvalue weighted by molar-refractivity contribution is 1.28. The molecule has 0 atom stereocenters. The van der Waals surface area contributed by atoms with Crippen LogP contribution in [0.25, 0.3) is 10.2 Å². The molecule has 2 aromatic heterocycles. The normalized spacial score (nSPS) is 10.8. The number of nitrogens with two attached hydrogens (primary N) is 1. The number of halogens is 2. The van der Waals surface area contributed by atoms with E-state index in [1.54, 1.807) is 12.3 Å². The highest BCUT2D eigenvalue weighted by Crippen LogP contribution is 2.32. The number of benzene rings is 1. The third-order valence-corrected chi connectivity index (χ3v) is 4.21. The quantitative estimate of drug-likeness (QED) is 0.713. The molecule has 4 nitrogen and oxygen atoms in total. The number of hydrogen-bond acceptors (Lipinski definition) is 5. The fraction of sp³-hybridized carbons (Fsp3) is 0. The molecule has 0 radical (unpaired) electrons. The summed E-state index contributed by atoms with van der Waals surface area (Å²) >= 11 is 10.9. The van der Waals surface area contributed by atoms with Crippen LogP contribution in [0.3, 0.4) is 0 Å². The molecule has 3 rings (SSSR count). The van der Waals surface area contributed by atoms with Gasteiger partial charge >= 0.3 is 0 Å². The summed E-state index contributed by atoms with van der Waals surface area (Å²) in [5, 5.41) is 4.62. The summed E-state index contributed by atoms with van der Waals surface area (Å²) in [5.41, 5.74) is 7.16. The standard InChI is InChI=1S/C12H8BrClN4S/c13-8-4-7(15)5-16-11(8)18-12-17-9-2-1-6(14)3-10(9)19-12/h1-5H,15H2,(H,16,17,18). The molecule has 0 aliphatic carbocycles. The molecule has 0 fully saturated rings. The average Bonchev–Trinajstić information content (AvgIpc) is 2.74. The lowest BCUT2D eigenvalue weighted by Gasteiger charge is -2.04. The summed E-state index contributed by atoms with van der Waals surface area (Å²) in [6, 6.07) is 7.40. The second-order valence-corrected chi connectivity index (χ2v) is 6.18. The second kappa shape index (κ2) is 4.96. The first kappa shape index (κ1) is 12.7. The van der Waals surface area contributed by atoms with Gasteiger partial charge in [-0.25, -0.2) is 9.97 Å². The Morgan fingerprint density at radius 1 is 1.32 bits per heavy atom. The Kier molecular flexibility index (Phi) is 3.30. The first-order valence-corrected chi connectivity index (χ1v) is 7.35. The molecule has 2 heterocycles. The maximum atomic E-state index is 5.96. The van der Waals surface area contributed by atoms with Crippen LogP contribution in [0.15, 0.2) is 34.9 Å². The third kappa shape index (κ3) is 2.65. The van der Waals surface area contributed by atoms with E-state index in [1.165, 1.54) is 11.3 Å². The Morgan fingerprint density at radius 3 is 2.95 bits per heavy atom. The summed E-state index contributed by atoms with van der Waals surface area (Å²) in [4.78, 5) is 8.69. The number of hydrogen-bond donors (Lipinski definition) is 2. The van der Waals surface area contributed by atoms with E-state index in [0.717, 1.165) is 19.8 Å². The molecule has 0 spiro atoms. The molecule has 96 valence electrons. The number of fused-ring (bicyclic) bond motifs is 1. The van der Waals surface area contributed by atoms with Crippen molar-refractivity contribution in [1.29, 1.82) is 0 Å². The van der Waals surface area contributed by atoms with E-state index in [4.69, 9.17) is 17.3 Å². The van der Waals surface area contributed by atoms with Crippen molar-refractivity contribution in [1.82, 2.24) is 9.97 Å². The summed E-state index contributed by atoms with van der Waals surface area (Å²) in [6.07, 6.45) is 1.59. The Bertz CT molecular complexity index is 759. The van der Waals surface area contributed by atoms with Crippen LogP contribution in [0.4, 0.5) is 16.6 Å². The van der Waals surface area contributed by atoms with Gasteiger partial charge in [0.15, 0.2) is 5.13 Å². The Morgan fingerprint density at radius 2 is 2.16 bits per heavy atom. The van der Waals surface area contributed by atoms with E-state index in [1.807, 2.05) is 18.2 Å². The number of rotatable bonds is 2. The van der Waals surface area contributed by atoms with Crippen LogP contribution in [0.5, 0.6) is 0 Å². The fourth-order valence-electron chi connectivity index (χ4n) is 1.60. The SMILES string of the molecule is Nc1cnc(Nc2nc3ccc(Cl)cc3s2)c(Br)c1. The van der Waals surface area contributed by atoms with Crippen molar-refractivity contribution in [2.45, 2.75) is 0 Å². The van der Waals surface area contributed by atoms with Crippen molar-refractivity contribution < 1.29 is 0 Å². The topological polar surface area (TPSA) is 63.8 Å². The fourth-order valence-corrected chi connectivity index (χ4v) is 3.20. The van der Waals surface area contributed by atoms with Crippen LogP contribution >= 0.6 is 38.9 Å². The number of thiazole rings is 1. The number of pyridine rings is 1. The van der Waals surface area contributed by atoms with Crippen LogP contribution < -0.4 is 11.1 Å². The monoisotopic (exact) mass is 354 g/mol. The first-order valence-electron chi connectivity index (χ1n) is 5.36. The highest BCUT2D eigenvalue weighted by molar-refractivity contribution is 9.10.